The van der Waals surface area contributed by atoms with Crippen molar-refractivity contribution in [2.75, 3.05) is 5.32 Å². The van der Waals surface area contributed by atoms with E-state index in [4.69, 9.17) is 21.3 Å². The second-order valence-corrected chi connectivity index (χ2v) is 6.21. The van der Waals surface area contributed by atoms with Crippen molar-refractivity contribution in [2.24, 2.45) is 0 Å². The first-order chi connectivity index (χ1) is 13.5. The Morgan fingerprint density at radius 3 is 2.79 bits per heavy atom. The SMILES string of the molecule is N#Cc1ccc(C(=O)Nc2ccc(-c3nc4ncccc4o3)c(Cl)c2)c(F)c1. The molecular weight excluding hydrogens is 383 g/mol. The van der Waals surface area contributed by atoms with Gasteiger partial charge in [0.25, 0.3) is 5.91 Å². The van der Waals surface area contributed by atoms with Crippen LogP contribution in [0.2, 0.25) is 5.02 Å². The molecule has 0 aliphatic heterocycles. The molecular formula is C20H10ClFN4O2. The molecule has 2 aromatic heterocycles. The number of nitrogens with one attached hydrogen (secondary N) is 1. The van der Waals surface area contributed by atoms with Crippen molar-refractivity contribution in [1.82, 2.24) is 9.97 Å². The first-order valence-electron chi connectivity index (χ1n) is 8.07. The molecule has 136 valence electrons. The van der Waals surface area contributed by atoms with E-state index >= 15 is 0 Å². The maximum absolute atomic E-state index is 14.0. The van der Waals surface area contributed by atoms with Crippen molar-refractivity contribution >= 4 is 34.4 Å². The lowest BCUT2D eigenvalue weighted by Crippen LogP contribution is -2.13. The Labute approximate surface area is 163 Å². The number of halogens is 2. The molecule has 4 aromatic rings. The summed E-state index contributed by atoms with van der Waals surface area (Å²) in [5.41, 5.74) is 1.85. The average Bonchev–Trinajstić information content (AvgIpc) is 3.11. The summed E-state index contributed by atoms with van der Waals surface area (Å²) in [7, 11) is 0. The summed E-state index contributed by atoms with van der Waals surface area (Å²) in [6, 6.07) is 13.7. The number of amides is 1. The number of fused-ring (bicyclic) bond motifs is 1. The van der Waals surface area contributed by atoms with Crippen molar-refractivity contribution in [3.8, 4) is 17.5 Å². The number of oxazole rings is 1. The fraction of sp³-hybridized carbons (Fsp3) is 0. The maximum atomic E-state index is 14.0. The first kappa shape index (κ1) is 17.6. The van der Waals surface area contributed by atoms with E-state index in [1.54, 1.807) is 30.5 Å². The van der Waals surface area contributed by atoms with Gasteiger partial charge in [0, 0.05) is 11.9 Å². The fourth-order valence-electron chi connectivity index (χ4n) is 2.62. The monoisotopic (exact) mass is 392 g/mol. The summed E-state index contributed by atoms with van der Waals surface area (Å²) in [5.74, 6) is -1.13. The molecule has 0 saturated carbocycles. The average molecular weight is 393 g/mol. The summed E-state index contributed by atoms with van der Waals surface area (Å²) in [6.45, 7) is 0. The molecule has 2 aromatic carbocycles. The number of nitrogens with zero attached hydrogens (tertiary/aromatic N) is 3. The minimum atomic E-state index is -0.779. The summed E-state index contributed by atoms with van der Waals surface area (Å²) < 4.78 is 19.6. The third-order valence-electron chi connectivity index (χ3n) is 3.97. The van der Waals surface area contributed by atoms with E-state index in [0.29, 0.717) is 33.4 Å². The lowest BCUT2D eigenvalue weighted by molar-refractivity contribution is 0.102. The number of carbonyl (C=O) groups excluding carboxylic acids is 1. The predicted molar refractivity (Wildman–Crippen MR) is 101 cm³/mol. The van der Waals surface area contributed by atoms with Gasteiger partial charge in [-0.25, -0.2) is 9.37 Å². The van der Waals surface area contributed by atoms with Crippen LogP contribution in [0.5, 0.6) is 0 Å². The van der Waals surface area contributed by atoms with Gasteiger partial charge in [0.1, 0.15) is 5.82 Å². The number of anilines is 1. The van der Waals surface area contributed by atoms with Crippen LogP contribution in [-0.2, 0) is 0 Å². The van der Waals surface area contributed by atoms with E-state index in [0.717, 1.165) is 6.07 Å². The maximum Gasteiger partial charge on any atom is 0.258 e. The van der Waals surface area contributed by atoms with E-state index < -0.39 is 11.7 Å². The van der Waals surface area contributed by atoms with E-state index in [2.05, 4.69) is 15.3 Å². The normalized spacial score (nSPS) is 10.6. The summed E-state index contributed by atoms with van der Waals surface area (Å²) in [5, 5.41) is 11.6. The Kier molecular flexibility index (Phi) is 4.47. The van der Waals surface area contributed by atoms with Gasteiger partial charge in [-0.15, -0.1) is 0 Å². The summed E-state index contributed by atoms with van der Waals surface area (Å²) in [6.07, 6.45) is 1.61. The summed E-state index contributed by atoms with van der Waals surface area (Å²) >= 11 is 6.31. The minimum Gasteiger partial charge on any atom is -0.434 e. The quantitative estimate of drug-likeness (QED) is 0.540. The Morgan fingerprint density at radius 1 is 1.21 bits per heavy atom. The van der Waals surface area contributed by atoms with Crippen LogP contribution in [0, 0.1) is 17.1 Å². The number of carbonyl (C=O) groups is 1. The van der Waals surface area contributed by atoms with Crippen LogP contribution in [0.15, 0.2) is 59.1 Å². The zero-order valence-electron chi connectivity index (χ0n) is 14.1. The van der Waals surface area contributed by atoms with Crippen LogP contribution in [0.25, 0.3) is 22.7 Å². The Morgan fingerprint density at radius 2 is 2.07 bits per heavy atom. The molecule has 28 heavy (non-hydrogen) atoms. The highest BCUT2D eigenvalue weighted by Gasteiger charge is 2.15. The molecule has 0 bridgehead atoms. The van der Waals surface area contributed by atoms with Crippen LogP contribution in [0.1, 0.15) is 15.9 Å². The molecule has 0 unspecified atom stereocenters. The fourth-order valence-corrected chi connectivity index (χ4v) is 2.88. The van der Waals surface area contributed by atoms with Gasteiger partial charge in [0.2, 0.25) is 5.89 Å². The molecule has 1 amide bonds. The molecule has 0 aliphatic carbocycles. The molecule has 4 rings (SSSR count). The Hall–Kier alpha value is -3.76. The first-order valence-corrected chi connectivity index (χ1v) is 8.45. The number of hydrogen-bond acceptors (Lipinski definition) is 5. The molecule has 0 atom stereocenters. The van der Waals surface area contributed by atoms with E-state index in [1.165, 1.54) is 18.2 Å². The highest BCUT2D eigenvalue weighted by molar-refractivity contribution is 6.33. The molecule has 8 heteroatoms. The smallest absolute Gasteiger partial charge is 0.258 e. The molecule has 6 nitrogen and oxygen atoms in total. The van der Waals surface area contributed by atoms with Crippen molar-refractivity contribution in [3.05, 3.63) is 76.7 Å². The minimum absolute atomic E-state index is 0.134. The van der Waals surface area contributed by atoms with Crippen molar-refractivity contribution in [2.45, 2.75) is 0 Å². The van der Waals surface area contributed by atoms with Gasteiger partial charge in [-0.3, -0.25) is 4.79 Å². The summed E-state index contributed by atoms with van der Waals surface area (Å²) in [4.78, 5) is 20.7. The highest BCUT2D eigenvalue weighted by Crippen LogP contribution is 2.31. The van der Waals surface area contributed by atoms with E-state index in [1.807, 2.05) is 6.07 Å². The van der Waals surface area contributed by atoms with Gasteiger partial charge in [-0.05, 0) is 48.5 Å². The third kappa shape index (κ3) is 3.29. The lowest BCUT2D eigenvalue weighted by atomic mass is 10.1. The Bertz CT molecular complexity index is 1230. The van der Waals surface area contributed by atoms with Crippen molar-refractivity contribution in [1.29, 1.82) is 5.26 Å². The number of rotatable bonds is 3. The number of benzene rings is 2. The van der Waals surface area contributed by atoms with Gasteiger partial charge in [0.15, 0.2) is 11.2 Å². The molecule has 0 fully saturated rings. The van der Waals surface area contributed by atoms with Gasteiger partial charge in [-0.1, -0.05) is 11.6 Å². The topological polar surface area (TPSA) is 91.8 Å². The molecule has 1 N–H and O–H groups in total. The van der Waals surface area contributed by atoms with Gasteiger partial charge < -0.3 is 9.73 Å². The second kappa shape index (κ2) is 7.10. The number of aromatic nitrogens is 2. The van der Waals surface area contributed by atoms with Crippen LogP contribution < -0.4 is 5.32 Å². The van der Waals surface area contributed by atoms with E-state index in [9.17, 15) is 9.18 Å². The molecule has 2 heterocycles. The van der Waals surface area contributed by atoms with Crippen molar-refractivity contribution in [3.63, 3.8) is 0 Å². The van der Waals surface area contributed by atoms with Crippen LogP contribution in [0.3, 0.4) is 0 Å². The number of pyridine rings is 1. The van der Waals surface area contributed by atoms with E-state index in [-0.39, 0.29) is 11.1 Å². The molecule has 0 aliphatic rings. The number of hydrogen-bond donors (Lipinski definition) is 1. The van der Waals surface area contributed by atoms with Crippen LogP contribution >= 0.6 is 11.6 Å². The standard InChI is InChI=1S/C20H10ClFN4O2/c21-15-9-12(25-19(27)14-5-3-11(10-23)8-16(14)22)4-6-13(15)20-26-18-17(28-20)2-1-7-24-18/h1-9H,(H,25,27). The van der Waals surface area contributed by atoms with Gasteiger partial charge >= 0.3 is 0 Å². The molecule has 0 saturated heterocycles. The highest BCUT2D eigenvalue weighted by atomic mass is 35.5. The van der Waals surface area contributed by atoms with Gasteiger partial charge in [0.05, 0.1) is 27.8 Å². The van der Waals surface area contributed by atoms with Gasteiger partial charge in [-0.2, -0.15) is 10.2 Å². The Balaban J connectivity index is 1.59. The van der Waals surface area contributed by atoms with Crippen LogP contribution in [-0.4, -0.2) is 15.9 Å². The molecule has 0 radical (unpaired) electrons. The largest absolute Gasteiger partial charge is 0.434 e. The second-order valence-electron chi connectivity index (χ2n) is 5.80. The number of nitriles is 1. The zero-order chi connectivity index (χ0) is 19.7. The molecule has 0 spiro atoms. The zero-order valence-corrected chi connectivity index (χ0v) is 14.9. The third-order valence-corrected chi connectivity index (χ3v) is 4.28. The van der Waals surface area contributed by atoms with Crippen LogP contribution in [0.4, 0.5) is 10.1 Å². The lowest BCUT2D eigenvalue weighted by Gasteiger charge is -2.08. The predicted octanol–water partition coefficient (Wildman–Crippen LogP) is 4.81. The van der Waals surface area contributed by atoms with Crippen molar-refractivity contribution < 1.29 is 13.6 Å².